The Hall–Kier alpha value is -3.19. The third-order valence-corrected chi connectivity index (χ3v) is 4.72. The van der Waals surface area contributed by atoms with Crippen LogP contribution in [0.25, 0.3) is 6.08 Å². The van der Waals surface area contributed by atoms with Crippen molar-refractivity contribution in [3.05, 3.63) is 66.0 Å². The molecule has 2 aromatic carbocycles. The number of anilines is 1. The van der Waals surface area contributed by atoms with Crippen LogP contribution in [0, 0.1) is 5.82 Å². The topological polar surface area (TPSA) is 61.9 Å². The molecular formula is C22H24FN3O3. The number of para-hydroxylation sites is 1. The summed E-state index contributed by atoms with van der Waals surface area (Å²) >= 11 is 0. The molecule has 1 aliphatic heterocycles. The third kappa shape index (κ3) is 5.89. The second-order valence-corrected chi connectivity index (χ2v) is 6.73. The highest BCUT2D eigenvalue weighted by atomic mass is 19.1. The van der Waals surface area contributed by atoms with E-state index < -0.39 is 0 Å². The van der Waals surface area contributed by atoms with E-state index in [-0.39, 0.29) is 24.2 Å². The second kappa shape index (κ2) is 9.84. The van der Waals surface area contributed by atoms with Gasteiger partial charge in [0.2, 0.25) is 11.8 Å². The summed E-state index contributed by atoms with van der Waals surface area (Å²) in [6, 6.07) is 13.2. The second-order valence-electron chi connectivity index (χ2n) is 6.73. The smallest absolute Gasteiger partial charge is 0.246 e. The fourth-order valence-corrected chi connectivity index (χ4v) is 3.13. The highest BCUT2D eigenvalue weighted by Gasteiger charge is 2.21. The molecule has 0 radical (unpaired) electrons. The van der Waals surface area contributed by atoms with Gasteiger partial charge in [0, 0.05) is 43.5 Å². The van der Waals surface area contributed by atoms with Gasteiger partial charge >= 0.3 is 0 Å². The zero-order chi connectivity index (χ0) is 20.6. The molecule has 7 heteroatoms. The number of hydrogen-bond donors (Lipinski definition) is 1. The number of methoxy groups -OCH3 is 1. The minimum atomic E-state index is -0.344. The number of halogens is 1. The molecular weight excluding hydrogens is 373 g/mol. The number of ether oxygens (including phenoxy) is 1. The number of nitrogens with zero attached hydrogens (tertiary/aromatic N) is 2. The molecule has 2 aromatic rings. The van der Waals surface area contributed by atoms with Crippen LogP contribution >= 0.6 is 0 Å². The first-order valence-corrected chi connectivity index (χ1v) is 9.43. The van der Waals surface area contributed by atoms with E-state index in [4.69, 9.17) is 4.74 Å². The SMILES string of the molecule is COc1ccccc1/C=C/C(=O)N1CCN(CC(=O)Nc2ccc(F)cc2)CC1. The zero-order valence-electron chi connectivity index (χ0n) is 16.3. The van der Waals surface area contributed by atoms with Crippen molar-refractivity contribution < 1.29 is 18.7 Å². The molecule has 1 aliphatic rings. The van der Waals surface area contributed by atoms with Gasteiger partial charge in [-0.1, -0.05) is 18.2 Å². The van der Waals surface area contributed by atoms with Crippen molar-refractivity contribution in [3.8, 4) is 5.75 Å². The highest BCUT2D eigenvalue weighted by molar-refractivity contribution is 5.93. The summed E-state index contributed by atoms with van der Waals surface area (Å²) in [5, 5.41) is 2.75. The molecule has 1 N–H and O–H groups in total. The van der Waals surface area contributed by atoms with Gasteiger partial charge < -0.3 is 15.0 Å². The first-order valence-electron chi connectivity index (χ1n) is 9.43. The number of piperazine rings is 1. The lowest BCUT2D eigenvalue weighted by molar-refractivity contribution is -0.127. The van der Waals surface area contributed by atoms with Crippen molar-refractivity contribution in [1.82, 2.24) is 9.80 Å². The Kier molecular flexibility index (Phi) is 6.97. The molecule has 0 saturated carbocycles. The van der Waals surface area contributed by atoms with Crippen molar-refractivity contribution in [2.24, 2.45) is 0 Å². The Morgan fingerprint density at radius 1 is 1.07 bits per heavy atom. The fraction of sp³-hybridized carbons (Fsp3) is 0.273. The van der Waals surface area contributed by atoms with Crippen LogP contribution in [0.5, 0.6) is 5.75 Å². The van der Waals surface area contributed by atoms with Crippen LogP contribution in [0.1, 0.15) is 5.56 Å². The summed E-state index contributed by atoms with van der Waals surface area (Å²) in [6.07, 6.45) is 3.30. The molecule has 0 aromatic heterocycles. The van der Waals surface area contributed by atoms with Gasteiger partial charge in [0.15, 0.2) is 0 Å². The fourth-order valence-electron chi connectivity index (χ4n) is 3.13. The van der Waals surface area contributed by atoms with Gasteiger partial charge in [0.05, 0.1) is 13.7 Å². The van der Waals surface area contributed by atoms with Gasteiger partial charge in [-0.05, 0) is 36.4 Å². The number of carbonyl (C=O) groups excluding carboxylic acids is 2. The molecule has 0 unspecified atom stereocenters. The standard InChI is InChI=1S/C22H24FN3O3/c1-29-20-5-3-2-4-17(20)6-11-22(28)26-14-12-25(13-15-26)16-21(27)24-19-9-7-18(23)8-10-19/h2-11H,12-16H2,1H3,(H,24,27)/b11-6+. The molecule has 0 bridgehead atoms. The molecule has 0 aliphatic carbocycles. The predicted molar refractivity (Wildman–Crippen MR) is 110 cm³/mol. The lowest BCUT2D eigenvalue weighted by atomic mass is 10.2. The van der Waals surface area contributed by atoms with Crippen LogP contribution < -0.4 is 10.1 Å². The maximum Gasteiger partial charge on any atom is 0.246 e. The maximum absolute atomic E-state index is 12.9. The summed E-state index contributed by atoms with van der Waals surface area (Å²) in [6.45, 7) is 2.57. The van der Waals surface area contributed by atoms with Gasteiger partial charge in [0.25, 0.3) is 0 Å². The summed E-state index contributed by atoms with van der Waals surface area (Å²) in [5.41, 5.74) is 1.41. The van der Waals surface area contributed by atoms with E-state index in [2.05, 4.69) is 5.32 Å². The Morgan fingerprint density at radius 3 is 2.45 bits per heavy atom. The van der Waals surface area contributed by atoms with Gasteiger partial charge in [-0.15, -0.1) is 0 Å². The molecule has 3 rings (SSSR count). The van der Waals surface area contributed by atoms with Crippen molar-refractivity contribution in [2.75, 3.05) is 45.2 Å². The lowest BCUT2D eigenvalue weighted by Crippen LogP contribution is -2.50. The van der Waals surface area contributed by atoms with Crippen molar-refractivity contribution in [3.63, 3.8) is 0 Å². The third-order valence-electron chi connectivity index (χ3n) is 4.72. The van der Waals surface area contributed by atoms with Crippen LogP contribution in [-0.4, -0.2) is 61.4 Å². The van der Waals surface area contributed by atoms with Crippen molar-refractivity contribution >= 4 is 23.6 Å². The Morgan fingerprint density at radius 2 is 1.76 bits per heavy atom. The number of hydrogen-bond acceptors (Lipinski definition) is 4. The largest absolute Gasteiger partial charge is 0.496 e. The van der Waals surface area contributed by atoms with Crippen molar-refractivity contribution in [1.29, 1.82) is 0 Å². The molecule has 6 nitrogen and oxygen atoms in total. The van der Waals surface area contributed by atoms with Crippen LogP contribution in [0.15, 0.2) is 54.6 Å². The van der Waals surface area contributed by atoms with Gasteiger partial charge in [0.1, 0.15) is 11.6 Å². The van der Waals surface area contributed by atoms with E-state index in [1.54, 1.807) is 24.2 Å². The average molecular weight is 397 g/mol. The van der Waals surface area contributed by atoms with E-state index in [0.717, 1.165) is 5.56 Å². The number of amides is 2. The lowest BCUT2D eigenvalue weighted by Gasteiger charge is -2.33. The molecule has 0 spiro atoms. The van der Waals surface area contributed by atoms with E-state index in [9.17, 15) is 14.0 Å². The number of carbonyl (C=O) groups is 2. The van der Waals surface area contributed by atoms with Crippen LogP contribution in [-0.2, 0) is 9.59 Å². The monoisotopic (exact) mass is 397 g/mol. The molecule has 1 heterocycles. The number of benzene rings is 2. The molecule has 1 fully saturated rings. The van der Waals surface area contributed by atoms with Crippen LogP contribution in [0.3, 0.4) is 0 Å². The molecule has 2 amide bonds. The van der Waals surface area contributed by atoms with Crippen LogP contribution in [0.4, 0.5) is 10.1 Å². The van der Waals surface area contributed by atoms with Crippen molar-refractivity contribution in [2.45, 2.75) is 0 Å². The van der Waals surface area contributed by atoms with E-state index in [1.807, 2.05) is 29.2 Å². The number of nitrogens with one attached hydrogen (secondary N) is 1. The zero-order valence-corrected chi connectivity index (χ0v) is 16.3. The highest BCUT2D eigenvalue weighted by Crippen LogP contribution is 2.18. The van der Waals surface area contributed by atoms with Gasteiger partial charge in [-0.25, -0.2) is 4.39 Å². The van der Waals surface area contributed by atoms with E-state index in [1.165, 1.54) is 24.3 Å². The normalized spacial score (nSPS) is 14.8. The summed E-state index contributed by atoms with van der Waals surface area (Å²) in [4.78, 5) is 28.3. The molecule has 29 heavy (non-hydrogen) atoms. The summed E-state index contributed by atoms with van der Waals surface area (Å²) in [5.74, 6) is 0.149. The molecule has 0 atom stereocenters. The summed E-state index contributed by atoms with van der Waals surface area (Å²) in [7, 11) is 1.60. The Labute approximate surface area is 169 Å². The molecule has 1 saturated heterocycles. The quantitative estimate of drug-likeness (QED) is 0.762. The molecule has 152 valence electrons. The Bertz CT molecular complexity index is 875. The minimum absolute atomic E-state index is 0.0636. The Balaban J connectivity index is 1.46. The van der Waals surface area contributed by atoms with Crippen LogP contribution in [0.2, 0.25) is 0 Å². The van der Waals surface area contributed by atoms with Gasteiger partial charge in [-0.2, -0.15) is 0 Å². The summed E-state index contributed by atoms with van der Waals surface area (Å²) < 4.78 is 18.2. The predicted octanol–water partition coefficient (Wildman–Crippen LogP) is 2.63. The van der Waals surface area contributed by atoms with E-state index in [0.29, 0.717) is 37.6 Å². The first-order chi connectivity index (χ1) is 14.0. The van der Waals surface area contributed by atoms with Gasteiger partial charge in [-0.3, -0.25) is 14.5 Å². The minimum Gasteiger partial charge on any atom is -0.496 e. The average Bonchev–Trinajstić information content (AvgIpc) is 2.74. The van der Waals surface area contributed by atoms with E-state index >= 15 is 0 Å². The number of rotatable bonds is 6. The maximum atomic E-state index is 12.9. The first kappa shape index (κ1) is 20.5.